The van der Waals surface area contributed by atoms with Gasteiger partial charge >= 0.3 is 0 Å². The van der Waals surface area contributed by atoms with Gasteiger partial charge in [0.25, 0.3) is 0 Å². The maximum absolute atomic E-state index is 11.4. The van der Waals surface area contributed by atoms with Crippen molar-refractivity contribution in [3.63, 3.8) is 0 Å². The smallest absolute Gasteiger partial charge is 0.203 e. The molecule has 0 aliphatic carbocycles. The summed E-state index contributed by atoms with van der Waals surface area (Å²) in [7, 11) is 6.19. The number of rotatable bonds is 4. The lowest BCUT2D eigenvalue weighted by atomic mass is 10.2. The van der Waals surface area contributed by atoms with Crippen LogP contribution >= 0.6 is 0 Å². The zero-order valence-electron chi connectivity index (χ0n) is 8.79. The number of ketones is 1. The molecular weight excluding hydrogens is 293 g/mol. The van der Waals surface area contributed by atoms with E-state index < -0.39 is 0 Å². The Bertz CT molecular complexity index is 275. The average molecular weight is 309 g/mol. The number of hydrogen-bond acceptors (Lipinski definition) is 2. The molecule has 0 aliphatic rings. The van der Waals surface area contributed by atoms with Gasteiger partial charge in [-0.3, -0.25) is 4.79 Å². The Morgan fingerprint density at radius 3 is 2.50 bits per heavy atom. The molecule has 0 bridgehead atoms. The van der Waals surface area contributed by atoms with Crippen LogP contribution in [-0.2, 0) is 0 Å². The van der Waals surface area contributed by atoms with Gasteiger partial charge in [0.1, 0.15) is 0 Å². The van der Waals surface area contributed by atoms with E-state index in [4.69, 9.17) is 4.42 Å². The lowest BCUT2D eigenvalue weighted by Crippen LogP contribution is -3.00. The molecule has 0 spiro atoms. The van der Waals surface area contributed by atoms with Crippen molar-refractivity contribution in [3.8, 4) is 0 Å². The fourth-order valence-electron chi connectivity index (χ4n) is 0.997. The van der Waals surface area contributed by atoms with Gasteiger partial charge < -0.3 is 32.9 Å². The topological polar surface area (TPSA) is 30.2 Å². The van der Waals surface area contributed by atoms with E-state index in [1.807, 2.05) is 0 Å². The number of carbonyl (C=O) groups excluding carboxylic acids is 1. The van der Waals surface area contributed by atoms with E-state index in [-0.39, 0.29) is 29.8 Å². The summed E-state index contributed by atoms with van der Waals surface area (Å²) < 4.78 is 5.80. The first-order chi connectivity index (χ1) is 5.99. The van der Waals surface area contributed by atoms with Crippen molar-refractivity contribution in [2.75, 3.05) is 27.7 Å². The SMILES string of the molecule is C[N+](C)(C)CCC(=O)c1ccco1.[I-]. The van der Waals surface area contributed by atoms with E-state index in [0.717, 1.165) is 11.0 Å². The summed E-state index contributed by atoms with van der Waals surface area (Å²) in [4.78, 5) is 11.4. The maximum Gasteiger partial charge on any atom is 0.203 e. The summed E-state index contributed by atoms with van der Waals surface area (Å²) in [6.45, 7) is 0.833. The minimum atomic E-state index is 0. The molecule has 1 aromatic heterocycles. The van der Waals surface area contributed by atoms with Crippen molar-refractivity contribution in [3.05, 3.63) is 24.2 Å². The van der Waals surface area contributed by atoms with Crippen LogP contribution in [0.2, 0.25) is 0 Å². The Kier molecular flexibility index (Phi) is 5.36. The summed E-state index contributed by atoms with van der Waals surface area (Å²) in [5.74, 6) is 0.548. The van der Waals surface area contributed by atoms with Gasteiger partial charge in [0.15, 0.2) is 5.76 Å². The van der Waals surface area contributed by atoms with Gasteiger partial charge in [0.2, 0.25) is 5.78 Å². The van der Waals surface area contributed by atoms with Crippen LogP contribution in [0, 0.1) is 0 Å². The summed E-state index contributed by atoms with van der Waals surface area (Å²) in [5, 5.41) is 0. The van der Waals surface area contributed by atoms with E-state index in [2.05, 4.69) is 21.1 Å². The minimum absolute atomic E-state index is 0. The molecule has 0 saturated heterocycles. The first-order valence-electron chi connectivity index (χ1n) is 4.36. The lowest BCUT2D eigenvalue weighted by molar-refractivity contribution is -0.869. The highest BCUT2D eigenvalue weighted by molar-refractivity contribution is 5.93. The predicted molar refractivity (Wildman–Crippen MR) is 50.6 cm³/mol. The molecule has 0 fully saturated rings. The van der Waals surface area contributed by atoms with Crippen LogP contribution in [0.5, 0.6) is 0 Å². The van der Waals surface area contributed by atoms with Gasteiger partial charge in [-0.2, -0.15) is 0 Å². The fraction of sp³-hybridized carbons (Fsp3) is 0.500. The number of nitrogens with zero attached hydrogens (tertiary/aromatic N) is 1. The van der Waals surface area contributed by atoms with Crippen molar-refractivity contribution in [1.29, 1.82) is 0 Å². The van der Waals surface area contributed by atoms with Crippen molar-refractivity contribution in [1.82, 2.24) is 0 Å². The molecule has 0 saturated carbocycles. The Hall–Kier alpha value is -0.360. The molecular formula is C10H16INO2. The zero-order valence-corrected chi connectivity index (χ0v) is 10.9. The van der Waals surface area contributed by atoms with E-state index in [9.17, 15) is 4.79 Å². The summed E-state index contributed by atoms with van der Waals surface area (Å²) >= 11 is 0. The second-order valence-electron chi connectivity index (χ2n) is 4.16. The number of furan rings is 1. The molecule has 80 valence electrons. The highest BCUT2D eigenvalue weighted by Gasteiger charge is 2.14. The van der Waals surface area contributed by atoms with Gasteiger partial charge in [-0.05, 0) is 12.1 Å². The van der Waals surface area contributed by atoms with Crippen LogP contribution < -0.4 is 24.0 Å². The third-order valence-corrected chi connectivity index (χ3v) is 1.81. The van der Waals surface area contributed by atoms with Crippen LogP contribution in [0.1, 0.15) is 17.0 Å². The molecule has 1 rings (SSSR count). The van der Waals surface area contributed by atoms with E-state index in [0.29, 0.717) is 12.2 Å². The summed E-state index contributed by atoms with van der Waals surface area (Å²) in [6, 6.07) is 3.44. The van der Waals surface area contributed by atoms with E-state index in [1.54, 1.807) is 12.1 Å². The first-order valence-corrected chi connectivity index (χ1v) is 4.36. The first kappa shape index (κ1) is 13.6. The number of quaternary nitrogens is 1. The van der Waals surface area contributed by atoms with Gasteiger partial charge in [-0.15, -0.1) is 0 Å². The number of carbonyl (C=O) groups is 1. The third-order valence-electron chi connectivity index (χ3n) is 1.81. The normalized spacial score (nSPS) is 10.8. The van der Waals surface area contributed by atoms with Gasteiger partial charge in [-0.25, -0.2) is 0 Å². The molecule has 3 nitrogen and oxygen atoms in total. The van der Waals surface area contributed by atoms with Crippen LogP contribution in [0.3, 0.4) is 0 Å². The molecule has 1 heterocycles. The van der Waals surface area contributed by atoms with Gasteiger partial charge in [-0.1, -0.05) is 0 Å². The largest absolute Gasteiger partial charge is 1.00 e. The maximum atomic E-state index is 11.4. The standard InChI is InChI=1S/C10H16NO2.HI/c1-11(2,3)7-6-9(12)10-5-4-8-13-10;/h4-5,8H,6-7H2,1-3H3;1H/q+1;/p-1. The Morgan fingerprint density at radius 1 is 1.43 bits per heavy atom. The van der Waals surface area contributed by atoms with Crippen molar-refractivity contribution >= 4 is 5.78 Å². The Balaban J connectivity index is 0.00000169. The minimum Gasteiger partial charge on any atom is -1.00 e. The van der Waals surface area contributed by atoms with Crippen LogP contribution in [0.15, 0.2) is 22.8 Å². The Morgan fingerprint density at radius 2 is 2.07 bits per heavy atom. The van der Waals surface area contributed by atoms with Crippen LogP contribution in [0.25, 0.3) is 0 Å². The molecule has 1 aromatic rings. The molecule has 0 unspecified atom stereocenters. The Labute approximate surface area is 102 Å². The highest BCUT2D eigenvalue weighted by Crippen LogP contribution is 2.05. The van der Waals surface area contributed by atoms with Crippen molar-refractivity contribution < 1.29 is 37.7 Å². The molecule has 0 aromatic carbocycles. The molecule has 0 atom stereocenters. The van der Waals surface area contributed by atoms with Crippen molar-refractivity contribution in [2.24, 2.45) is 0 Å². The molecule has 4 heteroatoms. The summed E-state index contributed by atoms with van der Waals surface area (Å²) in [5.41, 5.74) is 0. The fourth-order valence-corrected chi connectivity index (χ4v) is 0.997. The summed E-state index contributed by atoms with van der Waals surface area (Å²) in [6.07, 6.45) is 2.07. The monoisotopic (exact) mass is 309 g/mol. The molecule has 0 aliphatic heterocycles. The van der Waals surface area contributed by atoms with E-state index >= 15 is 0 Å². The van der Waals surface area contributed by atoms with Crippen molar-refractivity contribution in [2.45, 2.75) is 6.42 Å². The van der Waals surface area contributed by atoms with E-state index in [1.165, 1.54) is 6.26 Å². The van der Waals surface area contributed by atoms with Crippen LogP contribution in [-0.4, -0.2) is 38.0 Å². The second-order valence-corrected chi connectivity index (χ2v) is 4.16. The number of hydrogen-bond donors (Lipinski definition) is 0. The van der Waals surface area contributed by atoms with Crippen LogP contribution in [0.4, 0.5) is 0 Å². The zero-order chi connectivity index (χ0) is 9.90. The predicted octanol–water partition coefficient (Wildman–Crippen LogP) is -1.44. The molecule has 0 radical (unpaired) electrons. The lowest BCUT2D eigenvalue weighted by Gasteiger charge is -2.22. The molecule has 0 amide bonds. The molecule has 0 N–H and O–H groups in total. The second kappa shape index (κ2) is 5.50. The third kappa shape index (κ3) is 4.76. The number of halogens is 1. The van der Waals surface area contributed by atoms with Gasteiger partial charge in [0.05, 0.1) is 40.4 Å². The quantitative estimate of drug-likeness (QED) is 0.388. The number of Topliss-reactive ketones (excluding diaryl/α,β-unsaturated/α-hetero) is 1. The van der Waals surface area contributed by atoms with Gasteiger partial charge in [0, 0.05) is 0 Å². The highest BCUT2D eigenvalue weighted by atomic mass is 127. The average Bonchev–Trinajstić information content (AvgIpc) is 2.50. The molecule has 14 heavy (non-hydrogen) atoms.